The fourth-order valence-corrected chi connectivity index (χ4v) is 3.00. The molecule has 0 aliphatic carbocycles. The lowest BCUT2D eigenvalue weighted by Crippen LogP contribution is -2.23. The second kappa shape index (κ2) is 6.98. The van der Waals surface area contributed by atoms with Gasteiger partial charge < -0.3 is 10.2 Å². The minimum Gasteiger partial charge on any atom is -0.376 e. The number of carbonyl (C=O) groups excluding carboxylic acids is 1. The minimum atomic E-state index is -3.59. The van der Waals surface area contributed by atoms with Crippen LogP contribution in [0.4, 0.5) is 11.4 Å². The van der Waals surface area contributed by atoms with Gasteiger partial charge in [0.05, 0.1) is 21.8 Å². The van der Waals surface area contributed by atoms with E-state index in [-0.39, 0.29) is 10.8 Å². The van der Waals surface area contributed by atoms with E-state index < -0.39 is 10.0 Å². The number of nitrogens with one attached hydrogen (secondary N) is 1. The predicted octanol–water partition coefficient (Wildman–Crippen LogP) is 1.65. The fourth-order valence-electron chi connectivity index (χ4n) is 2.07. The highest BCUT2D eigenvalue weighted by molar-refractivity contribution is 7.89. The Morgan fingerprint density at radius 2 is 1.83 bits per heavy atom. The van der Waals surface area contributed by atoms with Crippen molar-refractivity contribution in [2.45, 2.75) is 4.90 Å². The molecular weight excluding hydrogens is 328 g/mol. The third-order valence-corrected chi connectivity index (χ3v) is 5.21. The Bertz CT molecular complexity index is 834. The molecule has 8 heteroatoms. The summed E-state index contributed by atoms with van der Waals surface area (Å²) in [4.78, 5) is 18.2. The van der Waals surface area contributed by atoms with Crippen LogP contribution in [0, 0.1) is 0 Å². The maximum atomic E-state index is 12.4. The highest BCUT2D eigenvalue weighted by Crippen LogP contribution is 2.29. The van der Waals surface area contributed by atoms with Gasteiger partial charge in [0.1, 0.15) is 0 Å². The number of hydrogen-bond donors (Lipinski definition) is 1. The average Bonchev–Trinajstić information content (AvgIpc) is 2.55. The summed E-state index contributed by atoms with van der Waals surface area (Å²) in [5, 5.41) is 2.76. The van der Waals surface area contributed by atoms with Gasteiger partial charge in [-0.25, -0.2) is 12.7 Å². The van der Waals surface area contributed by atoms with Crippen molar-refractivity contribution in [1.29, 1.82) is 0 Å². The van der Waals surface area contributed by atoms with Crippen LogP contribution in [0.25, 0.3) is 0 Å². The molecule has 0 saturated carbocycles. The van der Waals surface area contributed by atoms with Crippen molar-refractivity contribution < 1.29 is 13.2 Å². The van der Waals surface area contributed by atoms with Crippen LogP contribution in [0.5, 0.6) is 0 Å². The maximum absolute atomic E-state index is 12.4. The number of sulfonamides is 1. The monoisotopic (exact) mass is 348 g/mol. The molecule has 0 atom stereocenters. The van der Waals surface area contributed by atoms with Gasteiger partial charge in [-0.05, 0) is 30.3 Å². The highest BCUT2D eigenvalue weighted by atomic mass is 32.2. The number of rotatable bonds is 5. The van der Waals surface area contributed by atoms with Gasteiger partial charge in [0, 0.05) is 40.6 Å². The Hall–Kier alpha value is -2.45. The van der Waals surface area contributed by atoms with Crippen LogP contribution >= 0.6 is 0 Å². The Morgan fingerprint density at radius 1 is 1.12 bits per heavy atom. The molecule has 128 valence electrons. The van der Waals surface area contributed by atoms with Crippen LogP contribution in [0.3, 0.4) is 0 Å². The number of anilines is 2. The van der Waals surface area contributed by atoms with E-state index in [1.165, 1.54) is 32.4 Å². The molecule has 1 heterocycles. The van der Waals surface area contributed by atoms with Gasteiger partial charge in [0.25, 0.3) is 5.91 Å². The zero-order chi connectivity index (χ0) is 17.9. The average molecular weight is 348 g/mol. The quantitative estimate of drug-likeness (QED) is 0.888. The molecule has 1 aromatic carbocycles. The van der Waals surface area contributed by atoms with E-state index in [0.29, 0.717) is 16.9 Å². The number of amides is 1. The van der Waals surface area contributed by atoms with Gasteiger partial charge in [-0.15, -0.1) is 0 Å². The molecule has 1 aromatic heterocycles. The third kappa shape index (κ3) is 3.72. The second-order valence-electron chi connectivity index (χ2n) is 5.56. The summed E-state index contributed by atoms with van der Waals surface area (Å²) in [5.74, 6) is -0.356. The molecule has 0 bridgehead atoms. The summed E-state index contributed by atoms with van der Waals surface area (Å²) < 4.78 is 25.8. The zero-order valence-corrected chi connectivity index (χ0v) is 14.8. The number of carbonyl (C=O) groups is 1. The summed E-state index contributed by atoms with van der Waals surface area (Å²) in [6.07, 6.45) is 3.03. The van der Waals surface area contributed by atoms with Gasteiger partial charge in [-0.3, -0.25) is 9.78 Å². The van der Waals surface area contributed by atoms with E-state index in [4.69, 9.17) is 0 Å². The van der Waals surface area contributed by atoms with E-state index in [0.717, 1.165) is 4.31 Å². The first-order valence-electron chi connectivity index (χ1n) is 7.19. The maximum Gasteiger partial charge on any atom is 0.257 e. The number of hydrogen-bond acceptors (Lipinski definition) is 5. The van der Waals surface area contributed by atoms with Crippen molar-refractivity contribution >= 4 is 27.3 Å². The summed E-state index contributed by atoms with van der Waals surface area (Å²) in [7, 11) is 2.96. The molecule has 0 aliphatic heterocycles. The number of pyridine rings is 1. The summed E-state index contributed by atoms with van der Waals surface area (Å²) in [6, 6.07) is 7.94. The lowest BCUT2D eigenvalue weighted by atomic mass is 10.2. The summed E-state index contributed by atoms with van der Waals surface area (Å²) in [5.41, 5.74) is 1.50. The molecule has 0 radical (unpaired) electrons. The largest absolute Gasteiger partial charge is 0.376 e. The van der Waals surface area contributed by atoms with Gasteiger partial charge >= 0.3 is 0 Å². The zero-order valence-electron chi connectivity index (χ0n) is 14.0. The van der Waals surface area contributed by atoms with Crippen LogP contribution in [-0.4, -0.2) is 51.8 Å². The minimum absolute atomic E-state index is 0.111. The summed E-state index contributed by atoms with van der Waals surface area (Å²) in [6.45, 7) is 0. The van der Waals surface area contributed by atoms with Crippen LogP contribution in [0.15, 0.2) is 47.6 Å². The Morgan fingerprint density at radius 3 is 2.38 bits per heavy atom. The Labute approximate surface area is 142 Å². The molecule has 1 amide bonds. The smallest absolute Gasteiger partial charge is 0.257 e. The topological polar surface area (TPSA) is 82.6 Å². The van der Waals surface area contributed by atoms with Crippen LogP contribution in [-0.2, 0) is 10.0 Å². The van der Waals surface area contributed by atoms with Gasteiger partial charge in [-0.2, -0.15) is 0 Å². The lowest BCUT2D eigenvalue weighted by Gasteiger charge is -2.20. The molecule has 0 fully saturated rings. The second-order valence-corrected chi connectivity index (χ2v) is 7.71. The van der Waals surface area contributed by atoms with Crippen molar-refractivity contribution in [3.8, 4) is 0 Å². The SMILES string of the molecule is CN(C)c1ccc(S(=O)(=O)N(C)C)cc1NC(=O)c1cccnc1. The number of nitrogens with zero attached hydrogens (tertiary/aromatic N) is 3. The van der Waals surface area contributed by atoms with Crippen LogP contribution in [0.2, 0.25) is 0 Å². The predicted molar refractivity (Wildman–Crippen MR) is 93.8 cm³/mol. The molecule has 0 unspecified atom stereocenters. The van der Waals surface area contributed by atoms with Crippen LogP contribution < -0.4 is 10.2 Å². The molecule has 0 aliphatic rings. The standard InChI is InChI=1S/C16H20N4O3S/c1-19(2)15-8-7-13(24(22,23)20(3)4)10-14(15)18-16(21)12-6-5-9-17-11-12/h5-11H,1-4H3,(H,18,21). The van der Waals surface area contributed by atoms with Gasteiger partial charge in [-0.1, -0.05) is 0 Å². The van der Waals surface area contributed by atoms with Gasteiger partial charge in [0.2, 0.25) is 10.0 Å². The molecule has 1 N–H and O–H groups in total. The molecular formula is C16H20N4O3S. The number of benzene rings is 1. The van der Waals surface area contributed by atoms with Crippen molar-refractivity contribution in [1.82, 2.24) is 9.29 Å². The van der Waals surface area contributed by atoms with Crippen molar-refractivity contribution in [3.63, 3.8) is 0 Å². The Balaban J connectivity index is 2.45. The van der Waals surface area contributed by atoms with E-state index in [1.807, 2.05) is 14.1 Å². The van der Waals surface area contributed by atoms with Crippen LogP contribution in [0.1, 0.15) is 10.4 Å². The molecule has 2 aromatic rings. The summed E-state index contributed by atoms with van der Waals surface area (Å²) >= 11 is 0. The lowest BCUT2D eigenvalue weighted by molar-refractivity contribution is 0.102. The molecule has 0 saturated heterocycles. The van der Waals surface area contributed by atoms with E-state index >= 15 is 0 Å². The molecule has 2 rings (SSSR count). The van der Waals surface area contributed by atoms with Crippen molar-refractivity contribution in [3.05, 3.63) is 48.3 Å². The van der Waals surface area contributed by atoms with Crippen molar-refractivity contribution in [2.24, 2.45) is 0 Å². The normalized spacial score (nSPS) is 11.4. The molecule has 24 heavy (non-hydrogen) atoms. The molecule has 7 nitrogen and oxygen atoms in total. The number of aromatic nitrogens is 1. The molecule has 0 spiro atoms. The highest BCUT2D eigenvalue weighted by Gasteiger charge is 2.20. The van der Waals surface area contributed by atoms with E-state index in [1.54, 1.807) is 29.3 Å². The van der Waals surface area contributed by atoms with E-state index in [2.05, 4.69) is 10.3 Å². The van der Waals surface area contributed by atoms with Gasteiger partial charge in [0.15, 0.2) is 0 Å². The first kappa shape index (κ1) is 17.9. The van der Waals surface area contributed by atoms with E-state index in [9.17, 15) is 13.2 Å². The first-order valence-corrected chi connectivity index (χ1v) is 8.63. The fraction of sp³-hybridized carbons (Fsp3) is 0.250. The van der Waals surface area contributed by atoms with Crippen molar-refractivity contribution in [2.75, 3.05) is 38.4 Å². The Kier molecular flexibility index (Phi) is 5.20. The first-order chi connectivity index (χ1) is 11.2. The third-order valence-electron chi connectivity index (χ3n) is 3.40.